The highest BCUT2D eigenvalue weighted by Crippen LogP contribution is 2.15. The zero-order valence-electron chi connectivity index (χ0n) is 18.8. The molecule has 172 valence electrons. The predicted octanol–water partition coefficient (Wildman–Crippen LogP) is 3.33. The van der Waals surface area contributed by atoms with Crippen LogP contribution in [0, 0.1) is 13.8 Å². The van der Waals surface area contributed by atoms with Crippen molar-refractivity contribution in [2.75, 3.05) is 19.7 Å². The van der Waals surface area contributed by atoms with Crippen LogP contribution < -0.4 is 15.4 Å². The summed E-state index contributed by atoms with van der Waals surface area (Å²) >= 11 is 0. The van der Waals surface area contributed by atoms with Crippen LogP contribution in [0.2, 0.25) is 0 Å². The second-order valence-electron chi connectivity index (χ2n) is 7.27. The summed E-state index contributed by atoms with van der Waals surface area (Å²) in [6.45, 7) is 6.48. The lowest BCUT2D eigenvalue weighted by molar-refractivity contribution is 0.0951. The third-order valence-corrected chi connectivity index (χ3v) is 4.84. The lowest BCUT2D eigenvalue weighted by atomic mass is 10.1. The van der Waals surface area contributed by atoms with Gasteiger partial charge in [-0.15, -0.1) is 0 Å². The maximum absolute atomic E-state index is 12.4. The molecule has 1 heterocycles. The summed E-state index contributed by atoms with van der Waals surface area (Å²) in [6, 6.07) is 11.4. The summed E-state index contributed by atoms with van der Waals surface area (Å²) in [5.41, 5.74) is 4.06. The highest BCUT2D eigenvalue weighted by atomic mass is 16.7. The number of fused-ring (bicyclic) bond motifs is 1. The summed E-state index contributed by atoms with van der Waals surface area (Å²) in [4.78, 5) is 44.9. The van der Waals surface area contributed by atoms with Crippen molar-refractivity contribution in [1.82, 2.24) is 20.6 Å². The lowest BCUT2D eigenvalue weighted by Gasteiger charge is -2.09. The van der Waals surface area contributed by atoms with Crippen LogP contribution in [0.15, 0.2) is 42.5 Å². The van der Waals surface area contributed by atoms with Crippen molar-refractivity contribution in [3.05, 3.63) is 65.0 Å². The second-order valence-corrected chi connectivity index (χ2v) is 7.27. The number of carbonyl (C=O) groups is 3. The summed E-state index contributed by atoms with van der Waals surface area (Å²) < 4.78 is 9.65. The minimum atomic E-state index is -0.793. The Balaban J connectivity index is 1.42. The first-order chi connectivity index (χ1) is 15.9. The van der Waals surface area contributed by atoms with Crippen LogP contribution in [0.3, 0.4) is 0 Å². The lowest BCUT2D eigenvalue weighted by Crippen LogP contribution is -2.29. The van der Waals surface area contributed by atoms with Crippen molar-refractivity contribution < 1.29 is 23.9 Å². The third-order valence-electron chi connectivity index (χ3n) is 4.84. The molecular formula is C24H26N4O5. The number of aromatic nitrogens is 2. The average Bonchev–Trinajstić information content (AvgIpc) is 2.79. The molecule has 0 saturated carbocycles. The van der Waals surface area contributed by atoms with Gasteiger partial charge in [-0.3, -0.25) is 9.59 Å². The molecule has 0 fully saturated rings. The van der Waals surface area contributed by atoms with Crippen LogP contribution in [0.1, 0.15) is 45.4 Å². The summed E-state index contributed by atoms with van der Waals surface area (Å²) in [5, 5.41) is 5.63. The minimum absolute atomic E-state index is 0.208. The first-order valence-electron chi connectivity index (χ1n) is 10.6. The fourth-order valence-corrected chi connectivity index (χ4v) is 2.99. The number of aryl methyl sites for hydroxylation is 2. The molecule has 0 aliphatic rings. The highest BCUT2D eigenvalue weighted by molar-refractivity contribution is 5.97. The van der Waals surface area contributed by atoms with Crippen LogP contribution in [0.4, 0.5) is 4.79 Å². The van der Waals surface area contributed by atoms with Gasteiger partial charge in [0.15, 0.2) is 0 Å². The van der Waals surface area contributed by atoms with Gasteiger partial charge in [0.05, 0.1) is 29.0 Å². The number of carbonyl (C=O) groups excluding carboxylic acids is 3. The van der Waals surface area contributed by atoms with Gasteiger partial charge in [-0.2, -0.15) is 0 Å². The Labute approximate surface area is 191 Å². The molecule has 3 aromatic rings. The number of benzene rings is 2. The minimum Gasteiger partial charge on any atom is -0.434 e. The van der Waals surface area contributed by atoms with E-state index in [9.17, 15) is 14.4 Å². The zero-order chi connectivity index (χ0) is 23.8. The molecule has 2 amide bonds. The second kappa shape index (κ2) is 11.0. The molecule has 0 bridgehead atoms. The van der Waals surface area contributed by atoms with Crippen LogP contribution in [-0.4, -0.2) is 47.6 Å². The molecule has 9 heteroatoms. The smallest absolute Gasteiger partial charge is 0.434 e. The fourth-order valence-electron chi connectivity index (χ4n) is 2.99. The summed E-state index contributed by atoms with van der Waals surface area (Å²) in [6.07, 6.45) is -0.230. The number of nitrogens with zero attached hydrogens (tertiary/aromatic N) is 2. The van der Waals surface area contributed by atoms with E-state index in [0.717, 1.165) is 16.9 Å². The molecule has 0 aliphatic heterocycles. The van der Waals surface area contributed by atoms with Crippen molar-refractivity contribution in [1.29, 1.82) is 0 Å². The largest absolute Gasteiger partial charge is 0.513 e. The normalized spacial score (nSPS) is 10.5. The third kappa shape index (κ3) is 6.49. The van der Waals surface area contributed by atoms with E-state index in [0.29, 0.717) is 36.2 Å². The molecule has 0 saturated heterocycles. The number of amides is 2. The van der Waals surface area contributed by atoms with Crippen LogP contribution >= 0.6 is 0 Å². The van der Waals surface area contributed by atoms with Gasteiger partial charge in [-0.05, 0) is 69.7 Å². The van der Waals surface area contributed by atoms with Crippen molar-refractivity contribution >= 4 is 29.0 Å². The van der Waals surface area contributed by atoms with Crippen LogP contribution in [0.25, 0.3) is 11.0 Å². The Morgan fingerprint density at radius 3 is 2.03 bits per heavy atom. The number of hydrogen-bond donors (Lipinski definition) is 2. The number of ether oxygens (including phenoxy) is 2. The summed E-state index contributed by atoms with van der Waals surface area (Å²) in [5.74, 6) is -0.180. The Morgan fingerprint density at radius 1 is 0.818 bits per heavy atom. The first-order valence-corrected chi connectivity index (χ1v) is 10.6. The monoisotopic (exact) mass is 450 g/mol. The van der Waals surface area contributed by atoms with Gasteiger partial charge in [0.2, 0.25) is 0 Å². The molecule has 0 spiro atoms. The number of nitrogens with one attached hydrogen (secondary N) is 2. The predicted molar refractivity (Wildman–Crippen MR) is 122 cm³/mol. The van der Waals surface area contributed by atoms with Crippen molar-refractivity contribution in [3.8, 4) is 5.75 Å². The van der Waals surface area contributed by atoms with Crippen molar-refractivity contribution in [2.45, 2.75) is 27.2 Å². The van der Waals surface area contributed by atoms with Gasteiger partial charge in [0, 0.05) is 24.2 Å². The molecule has 1 aromatic heterocycles. The molecular weight excluding hydrogens is 424 g/mol. The van der Waals surface area contributed by atoms with E-state index >= 15 is 0 Å². The maximum atomic E-state index is 12.4. The molecule has 33 heavy (non-hydrogen) atoms. The van der Waals surface area contributed by atoms with E-state index in [1.165, 1.54) is 12.1 Å². The van der Waals surface area contributed by atoms with Crippen molar-refractivity contribution in [2.24, 2.45) is 0 Å². The van der Waals surface area contributed by atoms with Crippen molar-refractivity contribution in [3.63, 3.8) is 0 Å². The fraction of sp³-hybridized carbons (Fsp3) is 0.292. The maximum Gasteiger partial charge on any atom is 0.513 e. The van der Waals surface area contributed by atoms with E-state index in [1.807, 2.05) is 13.8 Å². The summed E-state index contributed by atoms with van der Waals surface area (Å²) in [7, 11) is 0. The van der Waals surface area contributed by atoms with E-state index in [2.05, 4.69) is 20.6 Å². The van der Waals surface area contributed by atoms with Gasteiger partial charge >= 0.3 is 6.16 Å². The number of hydrogen-bond acceptors (Lipinski definition) is 7. The molecule has 2 aromatic carbocycles. The van der Waals surface area contributed by atoms with E-state index in [4.69, 9.17) is 9.47 Å². The molecule has 0 unspecified atom stereocenters. The van der Waals surface area contributed by atoms with Gasteiger partial charge in [-0.1, -0.05) is 0 Å². The molecule has 2 N–H and O–H groups in total. The molecule has 9 nitrogen and oxygen atoms in total. The van der Waals surface area contributed by atoms with Gasteiger partial charge in [0.1, 0.15) is 5.75 Å². The average molecular weight is 450 g/mol. The quantitative estimate of drug-likeness (QED) is 0.307. The zero-order valence-corrected chi connectivity index (χ0v) is 18.8. The Kier molecular flexibility index (Phi) is 7.91. The van der Waals surface area contributed by atoms with Gasteiger partial charge in [-0.25, -0.2) is 14.8 Å². The SMILES string of the molecule is CCOC(=O)Oc1ccc(C(=O)NCCCNC(=O)c2ccc3nc(C)c(C)nc3c2)cc1. The standard InChI is InChI=1S/C24H26N4O5/c1-4-32-24(31)33-19-9-6-17(7-10-19)22(29)25-12-5-13-26-23(30)18-8-11-20-21(14-18)28-16(3)15(2)27-20/h6-11,14H,4-5,12-13H2,1-3H3,(H,25,29)(H,26,30). The molecule has 0 radical (unpaired) electrons. The van der Waals surface area contributed by atoms with Gasteiger partial charge in [0.25, 0.3) is 11.8 Å². The van der Waals surface area contributed by atoms with Gasteiger partial charge < -0.3 is 20.1 Å². The Hall–Kier alpha value is -4.01. The Morgan fingerprint density at radius 2 is 1.39 bits per heavy atom. The highest BCUT2D eigenvalue weighted by Gasteiger charge is 2.10. The topological polar surface area (TPSA) is 120 Å². The molecule has 3 rings (SSSR count). The van der Waals surface area contributed by atoms with E-state index in [1.54, 1.807) is 37.3 Å². The van der Waals surface area contributed by atoms with E-state index < -0.39 is 6.16 Å². The van der Waals surface area contributed by atoms with Crippen LogP contribution in [-0.2, 0) is 4.74 Å². The Bertz CT molecular complexity index is 1160. The number of rotatable bonds is 8. The molecule has 0 aliphatic carbocycles. The van der Waals surface area contributed by atoms with Crippen LogP contribution in [0.5, 0.6) is 5.75 Å². The molecule has 0 atom stereocenters. The van der Waals surface area contributed by atoms with E-state index in [-0.39, 0.29) is 24.2 Å². The first kappa shape index (κ1) is 23.6.